The summed E-state index contributed by atoms with van der Waals surface area (Å²) in [7, 11) is 0. The van der Waals surface area contributed by atoms with Crippen LogP contribution in [0.4, 0.5) is 0 Å². The molecule has 0 unspecified atom stereocenters. The van der Waals surface area contributed by atoms with Crippen LogP contribution in [0.25, 0.3) is 6.08 Å². The van der Waals surface area contributed by atoms with Crippen LogP contribution in [0.2, 0.25) is 5.02 Å². The largest absolute Gasteiger partial charge is 0.310 e. The van der Waals surface area contributed by atoms with E-state index < -0.39 is 0 Å². The van der Waals surface area contributed by atoms with Crippen LogP contribution in [0.3, 0.4) is 0 Å². The fourth-order valence-corrected chi connectivity index (χ4v) is 1.61. The van der Waals surface area contributed by atoms with E-state index in [1.165, 1.54) is 24.0 Å². The van der Waals surface area contributed by atoms with E-state index >= 15 is 0 Å². The Labute approximate surface area is 96.1 Å². The van der Waals surface area contributed by atoms with Gasteiger partial charge in [0.25, 0.3) is 0 Å². The smallest absolute Gasteiger partial charge is 0.0406 e. The Balaban J connectivity index is 1.91. The number of halogens is 1. The van der Waals surface area contributed by atoms with Crippen molar-refractivity contribution in [3.05, 3.63) is 40.4 Å². The van der Waals surface area contributed by atoms with E-state index in [4.69, 9.17) is 11.6 Å². The summed E-state index contributed by atoms with van der Waals surface area (Å²) in [5, 5.41) is 4.29. The summed E-state index contributed by atoms with van der Waals surface area (Å²) in [6.45, 7) is 3.15. The first-order valence-electron chi connectivity index (χ1n) is 5.40. The number of hydrogen-bond acceptors (Lipinski definition) is 1. The van der Waals surface area contributed by atoms with E-state index in [1.54, 1.807) is 0 Å². The molecule has 0 radical (unpaired) electrons. The van der Waals surface area contributed by atoms with Crippen molar-refractivity contribution in [2.75, 3.05) is 6.54 Å². The summed E-state index contributed by atoms with van der Waals surface area (Å²) < 4.78 is 0. The van der Waals surface area contributed by atoms with Crippen molar-refractivity contribution in [3.63, 3.8) is 0 Å². The first-order valence-corrected chi connectivity index (χ1v) is 5.78. The summed E-state index contributed by atoms with van der Waals surface area (Å²) in [5.41, 5.74) is 2.58. The molecule has 1 aromatic rings. The maximum Gasteiger partial charge on any atom is 0.0406 e. The molecular formula is C13H16ClN. The highest BCUT2D eigenvalue weighted by Crippen LogP contribution is 2.19. The van der Waals surface area contributed by atoms with Crippen LogP contribution in [0, 0.1) is 0 Å². The highest BCUT2D eigenvalue weighted by molar-refractivity contribution is 6.30. The van der Waals surface area contributed by atoms with Gasteiger partial charge in [0.15, 0.2) is 0 Å². The molecule has 1 N–H and O–H groups in total. The molecule has 0 saturated heterocycles. The normalized spacial score (nSPS) is 16.8. The van der Waals surface area contributed by atoms with Crippen LogP contribution in [-0.4, -0.2) is 12.6 Å². The zero-order chi connectivity index (χ0) is 10.7. The van der Waals surface area contributed by atoms with Crippen LogP contribution >= 0.6 is 11.6 Å². The standard InChI is InChI=1S/C13H16ClN/c1-10(9-15-13-6-7-13)8-11-2-4-12(14)5-3-11/h2-5,8,13,15H,6-7,9H2,1H3. The number of nitrogens with one attached hydrogen (secondary N) is 1. The molecular weight excluding hydrogens is 206 g/mol. The van der Waals surface area contributed by atoms with Crippen molar-refractivity contribution in [1.29, 1.82) is 0 Å². The molecule has 0 spiro atoms. The molecule has 1 fully saturated rings. The molecule has 80 valence electrons. The van der Waals surface area contributed by atoms with Crippen LogP contribution in [0.15, 0.2) is 29.8 Å². The SMILES string of the molecule is CC(=Cc1ccc(Cl)cc1)CNC1CC1. The fourth-order valence-electron chi connectivity index (χ4n) is 1.49. The van der Waals surface area contributed by atoms with Crippen molar-refractivity contribution in [3.8, 4) is 0 Å². The molecule has 0 aromatic heterocycles. The first kappa shape index (κ1) is 10.7. The average molecular weight is 222 g/mol. The Bertz CT molecular complexity index is 349. The highest BCUT2D eigenvalue weighted by Gasteiger charge is 2.19. The van der Waals surface area contributed by atoms with E-state index in [0.29, 0.717) is 0 Å². The second kappa shape index (κ2) is 4.82. The minimum atomic E-state index is 0.776. The molecule has 0 aliphatic heterocycles. The molecule has 1 aromatic carbocycles. The topological polar surface area (TPSA) is 12.0 Å². The summed E-state index contributed by atoms with van der Waals surface area (Å²) >= 11 is 5.83. The molecule has 0 amide bonds. The molecule has 1 aliphatic carbocycles. The highest BCUT2D eigenvalue weighted by atomic mass is 35.5. The second-order valence-electron chi connectivity index (χ2n) is 4.20. The van der Waals surface area contributed by atoms with Crippen molar-refractivity contribution < 1.29 is 0 Å². The van der Waals surface area contributed by atoms with Gasteiger partial charge in [-0.1, -0.05) is 35.4 Å². The Morgan fingerprint density at radius 3 is 2.67 bits per heavy atom. The van der Waals surface area contributed by atoms with Gasteiger partial charge in [0, 0.05) is 17.6 Å². The Morgan fingerprint density at radius 2 is 2.07 bits per heavy atom. The van der Waals surface area contributed by atoms with Gasteiger partial charge in [-0.2, -0.15) is 0 Å². The lowest BCUT2D eigenvalue weighted by atomic mass is 10.1. The van der Waals surface area contributed by atoms with Gasteiger partial charge in [-0.15, -0.1) is 0 Å². The quantitative estimate of drug-likeness (QED) is 0.821. The van der Waals surface area contributed by atoms with Crippen LogP contribution in [-0.2, 0) is 0 Å². The molecule has 1 aliphatic rings. The van der Waals surface area contributed by atoms with E-state index in [-0.39, 0.29) is 0 Å². The van der Waals surface area contributed by atoms with Gasteiger partial charge in [0.1, 0.15) is 0 Å². The van der Waals surface area contributed by atoms with E-state index in [0.717, 1.165) is 17.6 Å². The minimum absolute atomic E-state index is 0.776. The first-order chi connectivity index (χ1) is 7.24. The third-order valence-corrected chi connectivity index (χ3v) is 2.78. The van der Waals surface area contributed by atoms with Crippen molar-refractivity contribution in [2.45, 2.75) is 25.8 Å². The maximum atomic E-state index is 5.83. The van der Waals surface area contributed by atoms with Crippen LogP contribution < -0.4 is 5.32 Å². The molecule has 1 saturated carbocycles. The molecule has 2 rings (SSSR count). The average Bonchev–Trinajstić information content (AvgIpc) is 3.02. The lowest BCUT2D eigenvalue weighted by molar-refractivity contribution is 0.736. The third-order valence-electron chi connectivity index (χ3n) is 2.53. The molecule has 2 heteroatoms. The molecule has 1 nitrogen and oxygen atoms in total. The molecule has 0 bridgehead atoms. The van der Waals surface area contributed by atoms with Gasteiger partial charge in [-0.25, -0.2) is 0 Å². The monoisotopic (exact) mass is 221 g/mol. The molecule has 15 heavy (non-hydrogen) atoms. The van der Waals surface area contributed by atoms with E-state index in [9.17, 15) is 0 Å². The van der Waals surface area contributed by atoms with Gasteiger partial charge < -0.3 is 5.32 Å². The zero-order valence-electron chi connectivity index (χ0n) is 8.96. The van der Waals surface area contributed by atoms with Gasteiger partial charge in [-0.3, -0.25) is 0 Å². The molecule has 0 heterocycles. The lowest BCUT2D eigenvalue weighted by Gasteiger charge is -2.03. The Morgan fingerprint density at radius 1 is 1.40 bits per heavy atom. The lowest BCUT2D eigenvalue weighted by Crippen LogP contribution is -2.18. The number of benzene rings is 1. The van der Waals surface area contributed by atoms with Gasteiger partial charge in [0.2, 0.25) is 0 Å². The Kier molecular flexibility index (Phi) is 3.45. The predicted octanol–water partition coefficient (Wildman–Crippen LogP) is 3.50. The van der Waals surface area contributed by atoms with E-state index in [1.807, 2.05) is 24.3 Å². The second-order valence-corrected chi connectivity index (χ2v) is 4.63. The maximum absolute atomic E-state index is 5.83. The van der Waals surface area contributed by atoms with Gasteiger partial charge in [-0.05, 0) is 37.5 Å². The molecule has 0 atom stereocenters. The van der Waals surface area contributed by atoms with E-state index in [2.05, 4.69) is 18.3 Å². The Hall–Kier alpha value is -0.790. The summed E-state index contributed by atoms with van der Waals surface area (Å²) in [6.07, 6.45) is 4.88. The summed E-state index contributed by atoms with van der Waals surface area (Å²) in [6, 6.07) is 8.72. The zero-order valence-corrected chi connectivity index (χ0v) is 9.72. The van der Waals surface area contributed by atoms with Crippen molar-refractivity contribution in [1.82, 2.24) is 5.32 Å². The van der Waals surface area contributed by atoms with Gasteiger partial charge >= 0.3 is 0 Å². The fraction of sp³-hybridized carbons (Fsp3) is 0.385. The van der Waals surface area contributed by atoms with Crippen molar-refractivity contribution in [2.24, 2.45) is 0 Å². The van der Waals surface area contributed by atoms with Gasteiger partial charge in [0.05, 0.1) is 0 Å². The predicted molar refractivity (Wildman–Crippen MR) is 66.1 cm³/mol. The summed E-state index contributed by atoms with van der Waals surface area (Å²) in [5.74, 6) is 0. The van der Waals surface area contributed by atoms with Crippen molar-refractivity contribution >= 4 is 17.7 Å². The minimum Gasteiger partial charge on any atom is -0.310 e. The third kappa shape index (κ3) is 3.69. The van der Waals surface area contributed by atoms with Crippen LogP contribution in [0.5, 0.6) is 0 Å². The number of hydrogen-bond donors (Lipinski definition) is 1. The summed E-state index contributed by atoms with van der Waals surface area (Å²) in [4.78, 5) is 0. The number of rotatable bonds is 4. The van der Waals surface area contributed by atoms with Crippen LogP contribution in [0.1, 0.15) is 25.3 Å².